The van der Waals surface area contributed by atoms with Crippen LogP contribution in [0.5, 0.6) is 0 Å². The second-order valence-corrected chi connectivity index (χ2v) is 16.9. The van der Waals surface area contributed by atoms with Crippen LogP contribution in [-0.4, -0.2) is 48.3 Å². The van der Waals surface area contributed by atoms with Crippen LogP contribution >= 0.6 is 0 Å². The summed E-state index contributed by atoms with van der Waals surface area (Å²) in [5.74, 6) is 4.99. The molecule has 0 amide bonds. The number of rotatable bonds is 1. The first-order valence-electron chi connectivity index (χ1n) is 17.5. The molecule has 3 nitrogen and oxygen atoms in total. The average Bonchev–Trinajstić information content (AvgIpc) is 3.39. The minimum atomic E-state index is 0.0737. The maximum absolute atomic E-state index is 7.15. The van der Waals surface area contributed by atoms with E-state index in [1.807, 2.05) is 5.57 Å². The van der Waals surface area contributed by atoms with Gasteiger partial charge in [0.25, 0.3) is 0 Å². The van der Waals surface area contributed by atoms with Crippen molar-refractivity contribution >= 4 is 0 Å². The Labute approximate surface area is 240 Å². The third kappa shape index (κ3) is 4.28. The highest BCUT2D eigenvalue weighted by Gasteiger charge is 2.62. The Bertz CT molecular complexity index is 975. The predicted molar refractivity (Wildman–Crippen MR) is 162 cm³/mol. The van der Waals surface area contributed by atoms with E-state index in [-0.39, 0.29) is 5.60 Å². The summed E-state index contributed by atoms with van der Waals surface area (Å²) in [5.41, 5.74) is 4.77. The minimum Gasteiger partial charge on any atom is -0.369 e. The van der Waals surface area contributed by atoms with Crippen LogP contribution in [0, 0.1) is 46.3 Å². The molecule has 0 aromatic rings. The monoisotopic (exact) mass is 536 g/mol. The van der Waals surface area contributed by atoms with Crippen molar-refractivity contribution in [3.63, 3.8) is 0 Å². The van der Waals surface area contributed by atoms with Crippen LogP contribution in [0.4, 0.5) is 0 Å². The van der Waals surface area contributed by atoms with E-state index in [2.05, 4.69) is 51.8 Å². The Balaban J connectivity index is 1.12. The van der Waals surface area contributed by atoms with Gasteiger partial charge in [-0.25, -0.2) is 0 Å². The van der Waals surface area contributed by atoms with E-state index in [9.17, 15) is 0 Å². The molecule has 4 aliphatic carbocycles. The molecule has 3 saturated carbocycles. The van der Waals surface area contributed by atoms with Crippen LogP contribution in [0.25, 0.3) is 0 Å². The molecule has 3 heterocycles. The number of hydrogen-bond acceptors (Lipinski definition) is 3. The smallest absolute Gasteiger partial charge is 0.0765 e. The summed E-state index contributed by atoms with van der Waals surface area (Å²) in [6.45, 7) is 19.3. The Morgan fingerprint density at radius 2 is 1.79 bits per heavy atom. The van der Waals surface area contributed by atoms with E-state index in [4.69, 9.17) is 4.74 Å². The van der Waals surface area contributed by atoms with Crippen molar-refractivity contribution in [2.75, 3.05) is 19.6 Å². The van der Waals surface area contributed by atoms with Gasteiger partial charge in [-0.3, -0.25) is 0 Å². The Hall–Kier alpha value is -0.380. The highest BCUT2D eigenvalue weighted by molar-refractivity contribution is 5.29. The van der Waals surface area contributed by atoms with Gasteiger partial charge in [0.05, 0.1) is 11.7 Å². The van der Waals surface area contributed by atoms with E-state index in [0.717, 1.165) is 35.6 Å². The number of fused-ring (bicyclic) bond motifs is 6. The van der Waals surface area contributed by atoms with Crippen LogP contribution in [0.3, 0.4) is 0 Å². The van der Waals surface area contributed by atoms with Crippen molar-refractivity contribution in [1.29, 1.82) is 0 Å². The SMILES string of the molecule is C/C1=C2\C[C@H]3C(CCC4(C)CC(N5CCCC(C)C5)CCC34C)[C@@H]2CCCC2(C1)O[C@@H]1C[C@H](C)CN[C@H]1[C@H]2C. The Morgan fingerprint density at radius 1 is 0.949 bits per heavy atom. The van der Waals surface area contributed by atoms with Crippen molar-refractivity contribution in [1.82, 2.24) is 10.2 Å². The van der Waals surface area contributed by atoms with Crippen LogP contribution in [0.2, 0.25) is 0 Å². The highest BCUT2D eigenvalue weighted by atomic mass is 16.5. The quantitative estimate of drug-likeness (QED) is 0.344. The van der Waals surface area contributed by atoms with Crippen molar-refractivity contribution in [2.24, 2.45) is 46.3 Å². The fourth-order valence-electron chi connectivity index (χ4n) is 12.3. The maximum atomic E-state index is 7.15. The second kappa shape index (κ2) is 9.84. The molecule has 0 bridgehead atoms. The minimum absolute atomic E-state index is 0.0737. The van der Waals surface area contributed by atoms with E-state index in [0.29, 0.717) is 28.9 Å². The number of nitrogens with one attached hydrogen (secondary N) is 1. The van der Waals surface area contributed by atoms with Gasteiger partial charge >= 0.3 is 0 Å². The Kier molecular flexibility index (Phi) is 6.92. The van der Waals surface area contributed by atoms with Gasteiger partial charge in [0.2, 0.25) is 0 Å². The molecule has 3 heteroatoms. The van der Waals surface area contributed by atoms with Gasteiger partial charge in [0.1, 0.15) is 0 Å². The van der Waals surface area contributed by atoms with Crippen molar-refractivity contribution < 1.29 is 4.74 Å². The maximum Gasteiger partial charge on any atom is 0.0765 e. The van der Waals surface area contributed by atoms with Gasteiger partial charge in [-0.2, -0.15) is 0 Å². The summed E-state index contributed by atoms with van der Waals surface area (Å²) in [6, 6.07) is 1.41. The van der Waals surface area contributed by atoms with Crippen molar-refractivity contribution in [3.8, 4) is 0 Å². The van der Waals surface area contributed by atoms with Gasteiger partial charge in [-0.1, -0.05) is 45.8 Å². The van der Waals surface area contributed by atoms with Gasteiger partial charge in [0, 0.05) is 24.5 Å². The summed E-state index contributed by atoms with van der Waals surface area (Å²) in [6.07, 6.45) is 18.6. The number of hydrogen-bond donors (Lipinski definition) is 1. The van der Waals surface area contributed by atoms with E-state index in [1.165, 1.54) is 103 Å². The molecule has 220 valence electrons. The van der Waals surface area contributed by atoms with Crippen LogP contribution in [-0.2, 0) is 4.74 Å². The molecule has 3 saturated heterocycles. The normalized spacial score (nSPS) is 56.3. The van der Waals surface area contributed by atoms with Crippen molar-refractivity contribution in [2.45, 2.75) is 149 Å². The first kappa shape index (κ1) is 27.5. The topological polar surface area (TPSA) is 24.5 Å². The molecular weight excluding hydrogens is 476 g/mol. The zero-order valence-electron chi connectivity index (χ0n) is 26.4. The number of allylic oxidation sites excluding steroid dienone is 1. The molecule has 7 rings (SSSR count). The lowest BCUT2D eigenvalue weighted by Crippen LogP contribution is -2.57. The summed E-state index contributed by atoms with van der Waals surface area (Å²) in [4.78, 5) is 2.93. The van der Waals surface area contributed by atoms with Gasteiger partial charge in [-0.05, 0) is 144 Å². The Morgan fingerprint density at radius 3 is 2.62 bits per heavy atom. The summed E-state index contributed by atoms with van der Waals surface area (Å²) in [5, 5.41) is 3.92. The molecule has 3 aliphatic heterocycles. The lowest BCUT2D eigenvalue weighted by Gasteiger charge is -2.62. The van der Waals surface area contributed by atoms with Gasteiger partial charge in [-0.15, -0.1) is 0 Å². The largest absolute Gasteiger partial charge is 0.369 e. The number of piperidine rings is 2. The van der Waals surface area contributed by atoms with Gasteiger partial charge in [0.15, 0.2) is 0 Å². The molecule has 6 unspecified atom stereocenters. The first-order chi connectivity index (χ1) is 18.6. The molecule has 39 heavy (non-hydrogen) atoms. The van der Waals surface area contributed by atoms with Crippen LogP contribution in [0.15, 0.2) is 11.1 Å². The molecular formula is C36H60N2O. The second-order valence-electron chi connectivity index (χ2n) is 16.9. The molecule has 0 aromatic carbocycles. The summed E-state index contributed by atoms with van der Waals surface area (Å²) >= 11 is 0. The fraction of sp³-hybridized carbons (Fsp3) is 0.944. The molecule has 0 radical (unpaired) electrons. The van der Waals surface area contributed by atoms with Gasteiger partial charge < -0.3 is 15.0 Å². The summed E-state index contributed by atoms with van der Waals surface area (Å²) in [7, 11) is 0. The lowest BCUT2D eigenvalue weighted by molar-refractivity contribution is -0.121. The van der Waals surface area contributed by atoms with Crippen molar-refractivity contribution in [3.05, 3.63) is 11.1 Å². The third-order valence-electron chi connectivity index (χ3n) is 14.8. The third-order valence-corrected chi connectivity index (χ3v) is 14.8. The average molecular weight is 537 g/mol. The predicted octanol–water partition coefficient (Wildman–Crippen LogP) is 7.99. The highest BCUT2D eigenvalue weighted by Crippen LogP contribution is 2.69. The fourth-order valence-corrected chi connectivity index (χ4v) is 12.3. The lowest BCUT2D eigenvalue weighted by atomic mass is 9.45. The molecule has 6 fully saturated rings. The number of ether oxygens (including phenoxy) is 1. The first-order valence-corrected chi connectivity index (χ1v) is 17.5. The molecule has 7 aliphatic rings. The molecule has 0 aromatic heterocycles. The number of nitrogens with zero attached hydrogens (tertiary/aromatic N) is 1. The zero-order valence-corrected chi connectivity index (χ0v) is 26.4. The standard InChI is InChI=1S/C36H60N2O/c1-23-9-8-16-38(22-23)27-11-15-35(6)31-18-30-25(3)19-36(26(4)33-32(39-36)17-24(2)21-37-33)13-7-10-28(30)29(31)12-14-34(35,5)20-27/h23-24,26-29,31-33,37H,7-22H2,1-6H3/b30-25-/t23?,24-,26+,27?,28-,29?,31-,32+,33-,34?,35?,36?/m0/s1. The number of likely N-dealkylation sites (tertiary alicyclic amines) is 1. The molecule has 1 N–H and O–H groups in total. The zero-order chi connectivity index (χ0) is 27.2. The molecule has 12 atom stereocenters. The van der Waals surface area contributed by atoms with Crippen LogP contribution < -0.4 is 5.32 Å². The van der Waals surface area contributed by atoms with E-state index >= 15 is 0 Å². The van der Waals surface area contributed by atoms with Crippen LogP contribution in [0.1, 0.15) is 125 Å². The summed E-state index contributed by atoms with van der Waals surface area (Å²) < 4.78 is 7.15. The molecule has 1 spiro atoms. The van der Waals surface area contributed by atoms with E-state index in [1.54, 1.807) is 5.57 Å². The van der Waals surface area contributed by atoms with E-state index < -0.39 is 0 Å².